The third-order valence-corrected chi connectivity index (χ3v) is 15.0. The van der Waals surface area contributed by atoms with E-state index in [-0.39, 0.29) is 17.0 Å². The van der Waals surface area contributed by atoms with Gasteiger partial charge in [0.15, 0.2) is 0 Å². The van der Waals surface area contributed by atoms with Crippen molar-refractivity contribution < 1.29 is 17.0 Å². The molecule has 0 N–H and O–H groups in total. The Morgan fingerprint density at radius 2 is 0.828 bits per heavy atom. The number of benzene rings is 4. The molecule has 0 spiro atoms. The minimum absolute atomic E-state index is 0. The monoisotopic (exact) mass is 568 g/mol. The van der Waals surface area contributed by atoms with Gasteiger partial charge in [-0.1, -0.05) is 0 Å². The Morgan fingerprint density at radius 3 is 1.17 bits per heavy atom. The number of alkyl halides is 1. The van der Waals surface area contributed by atoms with Gasteiger partial charge in [0.1, 0.15) is 0 Å². The number of rotatable bonds is 6. The van der Waals surface area contributed by atoms with Crippen molar-refractivity contribution in [3.63, 3.8) is 0 Å². The Kier molecular flexibility index (Phi) is 7.95. The first-order chi connectivity index (χ1) is 13.8. The molecular formula is C26H23AsBr2. The van der Waals surface area contributed by atoms with E-state index in [9.17, 15) is 0 Å². The molecule has 0 bridgehead atoms. The molecule has 0 saturated heterocycles. The zero-order valence-electron chi connectivity index (χ0n) is 16.1. The summed E-state index contributed by atoms with van der Waals surface area (Å²) in [6.07, 6.45) is 0. The molecule has 0 amide bonds. The molecule has 4 aromatic rings. The van der Waals surface area contributed by atoms with Crippen molar-refractivity contribution in [3.8, 4) is 0 Å². The van der Waals surface area contributed by atoms with Crippen molar-refractivity contribution >= 4 is 42.5 Å². The molecule has 0 saturated carbocycles. The van der Waals surface area contributed by atoms with Crippen molar-refractivity contribution in [3.05, 3.63) is 126 Å². The van der Waals surface area contributed by atoms with Crippen molar-refractivity contribution in [1.82, 2.24) is 0 Å². The summed E-state index contributed by atoms with van der Waals surface area (Å²) in [7, 11) is 0. The van der Waals surface area contributed by atoms with Gasteiger partial charge in [-0.25, -0.2) is 0 Å². The third kappa shape index (κ3) is 4.77. The SMILES string of the molecule is BrCc1ccc(C[As+](c2ccccc2)(c2ccccc2)c2ccccc2)cc1.[Br-]. The fourth-order valence-electron chi connectivity index (χ4n) is 3.78. The number of hydrogen-bond acceptors (Lipinski definition) is 0. The van der Waals surface area contributed by atoms with Gasteiger partial charge in [-0.15, -0.1) is 0 Å². The van der Waals surface area contributed by atoms with Crippen LogP contribution >= 0.6 is 15.9 Å². The Balaban J connectivity index is 0.00000240. The quantitative estimate of drug-likeness (QED) is 0.246. The minimum atomic E-state index is -2.67. The van der Waals surface area contributed by atoms with Gasteiger partial charge in [-0.2, -0.15) is 0 Å². The predicted octanol–water partition coefficient (Wildman–Crippen LogP) is 1.84. The van der Waals surface area contributed by atoms with E-state index in [1.807, 2.05) is 0 Å². The molecule has 0 atom stereocenters. The Morgan fingerprint density at radius 1 is 0.483 bits per heavy atom. The normalized spacial score (nSPS) is 10.9. The molecule has 0 unspecified atom stereocenters. The van der Waals surface area contributed by atoms with Gasteiger partial charge in [-0.05, 0) is 0 Å². The van der Waals surface area contributed by atoms with Gasteiger partial charge in [0.25, 0.3) is 0 Å². The summed E-state index contributed by atoms with van der Waals surface area (Å²) >= 11 is 0.893. The van der Waals surface area contributed by atoms with Crippen LogP contribution in [-0.2, 0) is 10.5 Å². The number of hydrogen-bond donors (Lipinski definition) is 0. The zero-order valence-corrected chi connectivity index (χ0v) is 21.1. The topological polar surface area (TPSA) is 0 Å². The first-order valence-electron chi connectivity index (χ1n) is 9.51. The predicted molar refractivity (Wildman–Crippen MR) is 127 cm³/mol. The van der Waals surface area contributed by atoms with Gasteiger partial charge in [0.2, 0.25) is 0 Å². The summed E-state index contributed by atoms with van der Waals surface area (Å²) in [5.41, 5.74) is 2.73. The van der Waals surface area contributed by atoms with E-state index in [1.165, 1.54) is 24.2 Å². The van der Waals surface area contributed by atoms with Crippen LogP contribution in [0.4, 0.5) is 0 Å². The van der Waals surface area contributed by atoms with Gasteiger partial charge >= 0.3 is 179 Å². The van der Waals surface area contributed by atoms with Gasteiger partial charge < -0.3 is 17.0 Å². The second kappa shape index (κ2) is 10.4. The summed E-state index contributed by atoms with van der Waals surface area (Å²) in [5, 5.41) is 1.98. The van der Waals surface area contributed by atoms with Crippen molar-refractivity contribution in [1.29, 1.82) is 0 Å². The largest absolute Gasteiger partial charge is 1.00 e. The molecule has 0 aromatic heterocycles. The van der Waals surface area contributed by atoms with Crippen molar-refractivity contribution in [2.24, 2.45) is 0 Å². The maximum absolute atomic E-state index is 3.56. The average Bonchev–Trinajstić information content (AvgIpc) is 2.80. The molecular weight excluding hydrogens is 547 g/mol. The molecule has 0 heterocycles. The second-order valence-corrected chi connectivity index (χ2v) is 14.8. The summed E-state index contributed by atoms with van der Waals surface area (Å²) < 4.78 is 4.47. The van der Waals surface area contributed by atoms with Crippen LogP contribution in [0.25, 0.3) is 0 Å². The summed E-state index contributed by atoms with van der Waals surface area (Å²) in [4.78, 5) is 0. The Hall–Kier alpha value is -1.60. The first-order valence-corrected chi connectivity index (χ1v) is 14.8. The van der Waals surface area contributed by atoms with Crippen LogP contribution in [0.15, 0.2) is 115 Å². The maximum Gasteiger partial charge on any atom is -1.00 e. The molecule has 0 radical (unpaired) electrons. The molecule has 0 aliphatic rings. The molecule has 3 heteroatoms. The maximum atomic E-state index is 3.56. The molecule has 146 valence electrons. The van der Waals surface area contributed by atoms with Crippen LogP contribution in [0.1, 0.15) is 11.1 Å². The summed E-state index contributed by atoms with van der Waals surface area (Å²) in [6, 6.07) is 42.6. The molecule has 0 aliphatic carbocycles. The van der Waals surface area contributed by atoms with Gasteiger partial charge in [0.05, 0.1) is 0 Å². The van der Waals surface area contributed by atoms with E-state index in [0.717, 1.165) is 10.5 Å². The summed E-state index contributed by atoms with van der Waals surface area (Å²) in [5.74, 6) is 0. The van der Waals surface area contributed by atoms with Gasteiger partial charge in [0, 0.05) is 0 Å². The van der Waals surface area contributed by atoms with Gasteiger partial charge in [-0.3, -0.25) is 0 Å². The minimum Gasteiger partial charge on any atom is -1.00 e. The molecule has 4 aromatic carbocycles. The standard InChI is InChI=1S/C26H23AsBr.BrH/c28-21-23-18-16-22(17-19-23)20-27(24-10-4-1-5-11-24,25-12-6-2-7-13-25)26-14-8-3-9-15-26;/h1-19H,20-21H2;1H/q+1;/p-1. The zero-order chi connectivity index (χ0) is 19.2. The van der Waals surface area contributed by atoms with E-state index in [0.29, 0.717) is 0 Å². The van der Waals surface area contributed by atoms with Crippen molar-refractivity contribution in [2.75, 3.05) is 0 Å². The molecule has 0 fully saturated rings. The molecule has 0 aliphatic heterocycles. The molecule has 4 rings (SSSR count). The number of halogens is 2. The fourth-order valence-corrected chi connectivity index (χ4v) is 13.1. The first kappa shape index (κ1) is 22.1. The Bertz CT molecular complexity index is 904. The van der Waals surface area contributed by atoms with E-state index in [4.69, 9.17) is 0 Å². The van der Waals surface area contributed by atoms with Crippen LogP contribution < -0.4 is 30.0 Å². The third-order valence-electron chi connectivity index (χ3n) is 5.19. The molecule has 0 nitrogen and oxygen atoms in total. The van der Waals surface area contributed by atoms with Crippen LogP contribution in [0.2, 0.25) is 0 Å². The van der Waals surface area contributed by atoms with E-state index in [2.05, 4.69) is 131 Å². The van der Waals surface area contributed by atoms with Crippen LogP contribution in [0.5, 0.6) is 0 Å². The van der Waals surface area contributed by atoms with E-state index >= 15 is 0 Å². The van der Waals surface area contributed by atoms with Crippen LogP contribution in [-0.4, -0.2) is 13.6 Å². The smallest absolute Gasteiger partial charge is 1.00 e. The van der Waals surface area contributed by atoms with E-state index in [1.54, 1.807) is 0 Å². The van der Waals surface area contributed by atoms with E-state index < -0.39 is 13.6 Å². The van der Waals surface area contributed by atoms with Crippen LogP contribution in [0, 0.1) is 0 Å². The average molecular weight is 570 g/mol. The Labute approximate surface area is 195 Å². The van der Waals surface area contributed by atoms with Crippen molar-refractivity contribution in [2.45, 2.75) is 10.5 Å². The second-order valence-electron chi connectivity index (χ2n) is 6.92. The molecule has 29 heavy (non-hydrogen) atoms. The van der Waals surface area contributed by atoms with Crippen LogP contribution in [0.3, 0.4) is 0 Å². The fraction of sp³-hybridized carbons (Fsp3) is 0.0769. The summed E-state index contributed by atoms with van der Waals surface area (Å²) in [6.45, 7) is 0.